The van der Waals surface area contributed by atoms with Gasteiger partial charge in [0.25, 0.3) is 0 Å². The van der Waals surface area contributed by atoms with Crippen LogP contribution in [0.25, 0.3) is 0 Å². The number of pyridine rings is 1. The van der Waals surface area contributed by atoms with Crippen LogP contribution >= 0.6 is 11.8 Å². The molecule has 0 saturated heterocycles. The standard InChI is InChI=1S/C12H11N3O2S/c1-7-5-11(15-8(2)14-7)18-9-3-4-13-10(6-9)12(16)17/h3-6H,1-2H3,(H,16,17). The Morgan fingerprint density at radius 1 is 1.28 bits per heavy atom. The molecule has 0 aromatic carbocycles. The molecule has 0 radical (unpaired) electrons. The van der Waals surface area contributed by atoms with Gasteiger partial charge in [0.05, 0.1) is 0 Å². The zero-order chi connectivity index (χ0) is 13.1. The molecule has 2 rings (SSSR count). The summed E-state index contributed by atoms with van der Waals surface area (Å²) in [4.78, 5) is 23.9. The summed E-state index contributed by atoms with van der Waals surface area (Å²) in [5, 5.41) is 9.66. The Hall–Kier alpha value is -1.95. The SMILES string of the molecule is Cc1cc(Sc2ccnc(C(=O)O)c2)nc(C)n1. The Balaban J connectivity index is 2.28. The molecule has 1 N–H and O–H groups in total. The van der Waals surface area contributed by atoms with E-state index in [-0.39, 0.29) is 5.69 Å². The molecule has 0 aliphatic carbocycles. The highest BCUT2D eigenvalue weighted by Crippen LogP contribution is 2.26. The van der Waals surface area contributed by atoms with Gasteiger partial charge in [0, 0.05) is 16.8 Å². The molecule has 2 aromatic rings. The number of hydrogen-bond acceptors (Lipinski definition) is 5. The van der Waals surface area contributed by atoms with E-state index in [1.807, 2.05) is 19.9 Å². The van der Waals surface area contributed by atoms with Gasteiger partial charge in [0.1, 0.15) is 16.5 Å². The third-order valence-electron chi connectivity index (χ3n) is 2.12. The first-order valence-corrected chi connectivity index (χ1v) is 6.06. The normalized spacial score (nSPS) is 10.3. The predicted molar refractivity (Wildman–Crippen MR) is 66.8 cm³/mol. The zero-order valence-electron chi connectivity index (χ0n) is 9.91. The summed E-state index contributed by atoms with van der Waals surface area (Å²) in [7, 11) is 0. The van der Waals surface area contributed by atoms with Crippen LogP contribution in [-0.2, 0) is 0 Å². The highest BCUT2D eigenvalue weighted by Gasteiger charge is 2.07. The molecule has 0 unspecified atom stereocenters. The van der Waals surface area contributed by atoms with Gasteiger partial charge in [0.2, 0.25) is 0 Å². The summed E-state index contributed by atoms with van der Waals surface area (Å²) in [6.07, 6.45) is 1.48. The Morgan fingerprint density at radius 2 is 2.06 bits per heavy atom. The van der Waals surface area contributed by atoms with Crippen molar-refractivity contribution in [1.82, 2.24) is 15.0 Å². The fourth-order valence-corrected chi connectivity index (χ4v) is 2.40. The number of aryl methyl sites for hydroxylation is 2. The van der Waals surface area contributed by atoms with Crippen molar-refractivity contribution in [2.75, 3.05) is 0 Å². The number of carboxylic acid groups (broad SMARTS) is 1. The smallest absolute Gasteiger partial charge is 0.354 e. The number of carbonyl (C=O) groups is 1. The molecule has 18 heavy (non-hydrogen) atoms. The van der Waals surface area contributed by atoms with Gasteiger partial charge in [-0.05, 0) is 32.0 Å². The van der Waals surface area contributed by atoms with E-state index < -0.39 is 5.97 Å². The second-order valence-corrected chi connectivity index (χ2v) is 4.77. The van der Waals surface area contributed by atoms with Crippen molar-refractivity contribution in [2.24, 2.45) is 0 Å². The fraction of sp³-hybridized carbons (Fsp3) is 0.167. The minimum Gasteiger partial charge on any atom is -0.477 e. The first kappa shape index (κ1) is 12.5. The van der Waals surface area contributed by atoms with Crippen LogP contribution in [0.3, 0.4) is 0 Å². The third kappa shape index (κ3) is 3.04. The van der Waals surface area contributed by atoms with Crippen molar-refractivity contribution >= 4 is 17.7 Å². The lowest BCUT2D eigenvalue weighted by Crippen LogP contribution is -1.99. The molecule has 2 heterocycles. The molecule has 0 saturated carbocycles. The maximum atomic E-state index is 10.8. The van der Waals surface area contributed by atoms with E-state index in [1.54, 1.807) is 6.07 Å². The first-order chi connectivity index (χ1) is 8.54. The summed E-state index contributed by atoms with van der Waals surface area (Å²) in [6, 6.07) is 5.14. The summed E-state index contributed by atoms with van der Waals surface area (Å²) < 4.78 is 0. The third-order valence-corrected chi connectivity index (χ3v) is 3.02. The predicted octanol–water partition coefficient (Wildman–Crippen LogP) is 2.34. The number of nitrogens with zero attached hydrogens (tertiary/aromatic N) is 3. The maximum Gasteiger partial charge on any atom is 0.354 e. The molecular formula is C12H11N3O2S. The molecule has 0 amide bonds. The minimum absolute atomic E-state index is 0.0301. The lowest BCUT2D eigenvalue weighted by atomic mass is 10.3. The van der Waals surface area contributed by atoms with Crippen LogP contribution in [0.2, 0.25) is 0 Å². The van der Waals surface area contributed by atoms with Gasteiger partial charge in [-0.15, -0.1) is 0 Å². The van der Waals surface area contributed by atoms with Crippen LogP contribution in [0, 0.1) is 13.8 Å². The van der Waals surface area contributed by atoms with Gasteiger partial charge in [0.15, 0.2) is 0 Å². The molecule has 2 aromatic heterocycles. The average molecular weight is 261 g/mol. The Kier molecular flexibility index (Phi) is 3.57. The molecular weight excluding hydrogens is 250 g/mol. The fourth-order valence-electron chi connectivity index (χ4n) is 1.45. The molecule has 92 valence electrons. The monoisotopic (exact) mass is 261 g/mol. The van der Waals surface area contributed by atoms with Crippen molar-refractivity contribution < 1.29 is 9.90 Å². The van der Waals surface area contributed by atoms with E-state index in [9.17, 15) is 4.79 Å². The second kappa shape index (κ2) is 5.14. The van der Waals surface area contributed by atoms with E-state index in [2.05, 4.69) is 15.0 Å². The van der Waals surface area contributed by atoms with Crippen molar-refractivity contribution in [1.29, 1.82) is 0 Å². The van der Waals surface area contributed by atoms with Crippen LogP contribution in [0.15, 0.2) is 34.3 Å². The Morgan fingerprint density at radius 3 is 2.72 bits per heavy atom. The number of rotatable bonds is 3. The maximum absolute atomic E-state index is 10.8. The van der Waals surface area contributed by atoms with E-state index >= 15 is 0 Å². The Bertz CT molecular complexity index is 581. The number of aromatic carboxylic acids is 1. The topological polar surface area (TPSA) is 76.0 Å². The Labute approximate surface area is 108 Å². The molecule has 0 fully saturated rings. The molecule has 0 aliphatic heterocycles. The van der Waals surface area contributed by atoms with E-state index in [0.29, 0.717) is 5.82 Å². The van der Waals surface area contributed by atoms with E-state index in [0.717, 1.165) is 15.6 Å². The quantitative estimate of drug-likeness (QED) is 0.855. The molecule has 0 aliphatic rings. The number of aromatic nitrogens is 3. The minimum atomic E-state index is -1.03. The molecule has 0 spiro atoms. The number of carboxylic acids is 1. The van der Waals surface area contributed by atoms with Crippen LogP contribution in [0.1, 0.15) is 22.0 Å². The van der Waals surface area contributed by atoms with Crippen LogP contribution in [0.4, 0.5) is 0 Å². The summed E-state index contributed by atoms with van der Waals surface area (Å²) in [6.45, 7) is 3.72. The van der Waals surface area contributed by atoms with E-state index in [1.165, 1.54) is 24.0 Å². The van der Waals surface area contributed by atoms with Crippen molar-refractivity contribution in [3.05, 3.63) is 41.6 Å². The first-order valence-electron chi connectivity index (χ1n) is 5.24. The molecule has 0 atom stereocenters. The lowest BCUT2D eigenvalue weighted by Gasteiger charge is -2.03. The zero-order valence-corrected chi connectivity index (χ0v) is 10.7. The largest absolute Gasteiger partial charge is 0.477 e. The summed E-state index contributed by atoms with van der Waals surface area (Å²) >= 11 is 1.39. The van der Waals surface area contributed by atoms with Crippen molar-refractivity contribution in [3.8, 4) is 0 Å². The van der Waals surface area contributed by atoms with Gasteiger partial charge in [-0.25, -0.2) is 19.7 Å². The number of hydrogen-bond donors (Lipinski definition) is 1. The summed E-state index contributed by atoms with van der Waals surface area (Å²) in [5.41, 5.74) is 0.917. The van der Waals surface area contributed by atoms with Gasteiger partial charge >= 0.3 is 5.97 Å². The van der Waals surface area contributed by atoms with Gasteiger partial charge in [-0.1, -0.05) is 11.8 Å². The van der Waals surface area contributed by atoms with Gasteiger partial charge < -0.3 is 5.11 Å². The average Bonchev–Trinajstić information content (AvgIpc) is 2.27. The van der Waals surface area contributed by atoms with Gasteiger partial charge in [-0.2, -0.15) is 0 Å². The highest BCUT2D eigenvalue weighted by atomic mass is 32.2. The van der Waals surface area contributed by atoms with Crippen LogP contribution < -0.4 is 0 Å². The molecule has 0 bridgehead atoms. The van der Waals surface area contributed by atoms with Gasteiger partial charge in [-0.3, -0.25) is 0 Å². The van der Waals surface area contributed by atoms with Crippen molar-refractivity contribution in [2.45, 2.75) is 23.8 Å². The van der Waals surface area contributed by atoms with Crippen LogP contribution in [-0.4, -0.2) is 26.0 Å². The van der Waals surface area contributed by atoms with E-state index in [4.69, 9.17) is 5.11 Å². The van der Waals surface area contributed by atoms with Crippen LogP contribution in [0.5, 0.6) is 0 Å². The summed E-state index contributed by atoms with van der Waals surface area (Å²) in [5.74, 6) is -0.336. The second-order valence-electron chi connectivity index (χ2n) is 3.68. The van der Waals surface area contributed by atoms with Crippen molar-refractivity contribution in [3.63, 3.8) is 0 Å². The lowest BCUT2D eigenvalue weighted by molar-refractivity contribution is 0.0690. The molecule has 6 heteroatoms. The highest BCUT2D eigenvalue weighted by molar-refractivity contribution is 7.99. The molecule has 5 nitrogen and oxygen atoms in total.